The fourth-order valence-electron chi connectivity index (χ4n) is 2.27. The van der Waals surface area contributed by atoms with Crippen LogP contribution < -0.4 is 10.6 Å². The van der Waals surface area contributed by atoms with E-state index >= 15 is 0 Å². The minimum absolute atomic E-state index is 0.0947. The smallest absolute Gasteiger partial charge is 0.261 e. The zero-order valence-electron chi connectivity index (χ0n) is 10.1. The standard InChI is InChI=1S/C12H18N2O2S/c1-7-3-4-13-8(2)11(7)14-12(16)10-5-9(15)6-17-10/h5-8,11,13,15H,3-4H2,1-2H3,(H,14,16)/t7-,8+,11-/m1/s1. The molecule has 0 aromatic carbocycles. The lowest BCUT2D eigenvalue weighted by molar-refractivity contribution is 0.0901. The fourth-order valence-corrected chi connectivity index (χ4v) is 2.94. The number of nitrogens with one attached hydrogen (secondary N) is 2. The van der Waals surface area contributed by atoms with Crippen molar-refractivity contribution < 1.29 is 9.90 Å². The number of hydrogen-bond donors (Lipinski definition) is 3. The van der Waals surface area contributed by atoms with E-state index in [4.69, 9.17) is 0 Å². The van der Waals surface area contributed by atoms with Crippen LogP contribution >= 0.6 is 11.3 Å². The summed E-state index contributed by atoms with van der Waals surface area (Å²) in [7, 11) is 0. The highest BCUT2D eigenvalue weighted by atomic mass is 32.1. The van der Waals surface area contributed by atoms with E-state index in [0.29, 0.717) is 10.8 Å². The highest BCUT2D eigenvalue weighted by Gasteiger charge is 2.29. The van der Waals surface area contributed by atoms with Crippen molar-refractivity contribution in [3.8, 4) is 5.75 Å². The van der Waals surface area contributed by atoms with Crippen LogP contribution in [0.15, 0.2) is 11.4 Å². The predicted octanol–water partition coefficient (Wildman–Crippen LogP) is 1.57. The van der Waals surface area contributed by atoms with Gasteiger partial charge in [0.05, 0.1) is 4.88 Å². The van der Waals surface area contributed by atoms with Crippen molar-refractivity contribution in [2.24, 2.45) is 5.92 Å². The first-order chi connectivity index (χ1) is 8.08. The minimum Gasteiger partial charge on any atom is -0.507 e. The lowest BCUT2D eigenvalue weighted by atomic mass is 9.89. The molecule has 1 saturated heterocycles. The first-order valence-electron chi connectivity index (χ1n) is 5.89. The molecule has 5 heteroatoms. The Morgan fingerprint density at radius 1 is 1.59 bits per heavy atom. The summed E-state index contributed by atoms with van der Waals surface area (Å²) < 4.78 is 0. The third-order valence-corrected chi connectivity index (χ3v) is 4.24. The van der Waals surface area contributed by atoms with Crippen molar-refractivity contribution in [2.45, 2.75) is 32.4 Å². The normalized spacial score (nSPS) is 28.9. The van der Waals surface area contributed by atoms with E-state index in [-0.39, 0.29) is 23.7 Å². The lowest BCUT2D eigenvalue weighted by Crippen LogP contribution is -2.55. The van der Waals surface area contributed by atoms with E-state index in [1.54, 1.807) is 5.38 Å². The summed E-state index contributed by atoms with van der Waals surface area (Å²) in [6.07, 6.45) is 1.07. The number of aromatic hydroxyl groups is 1. The van der Waals surface area contributed by atoms with Gasteiger partial charge in [0.2, 0.25) is 0 Å². The molecule has 1 aliphatic heterocycles. The second-order valence-corrected chi connectivity index (χ2v) is 5.59. The van der Waals surface area contributed by atoms with E-state index in [1.807, 2.05) is 0 Å². The molecule has 1 fully saturated rings. The summed E-state index contributed by atoms with van der Waals surface area (Å²) in [5.41, 5.74) is 0. The van der Waals surface area contributed by atoms with Crippen LogP contribution in [-0.4, -0.2) is 29.6 Å². The molecule has 0 unspecified atom stereocenters. The van der Waals surface area contributed by atoms with E-state index in [1.165, 1.54) is 17.4 Å². The lowest BCUT2D eigenvalue weighted by Gasteiger charge is -2.35. The Balaban J connectivity index is 2.02. The topological polar surface area (TPSA) is 61.4 Å². The van der Waals surface area contributed by atoms with Crippen LogP contribution in [0.3, 0.4) is 0 Å². The average Bonchev–Trinajstić information content (AvgIpc) is 2.70. The van der Waals surface area contributed by atoms with Crippen molar-refractivity contribution in [2.75, 3.05) is 6.54 Å². The zero-order chi connectivity index (χ0) is 12.4. The Labute approximate surface area is 105 Å². The van der Waals surface area contributed by atoms with Gasteiger partial charge in [-0.3, -0.25) is 4.79 Å². The van der Waals surface area contributed by atoms with Crippen molar-refractivity contribution >= 4 is 17.2 Å². The molecule has 1 aliphatic rings. The third kappa shape index (κ3) is 2.79. The molecule has 1 aromatic rings. The molecule has 1 amide bonds. The average molecular weight is 254 g/mol. The maximum atomic E-state index is 12.0. The fraction of sp³-hybridized carbons (Fsp3) is 0.583. The van der Waals surface area contributed by atoms with Crippen molar-refractivity contribution in [3.05, 3.63) is 16.3 Å². The van der Waals surface area contributed by atoms with E-state index in [9.17, 15) is 9.90 Å². The van der Waals surface area contributed by atoms with E-state index < -0.39 is 0 Å². The molecule has 94 valence electrons. The molecule has 2 rings (SSSR count). The second-order valence-electron chi connectivity index (χ2n) is 4.68. The first kappa shape index (κ1) is 12.4. The van der Waals surface area contributed by atoms with Gasteiger partial charge < -0.3 is 15.7 Å². The Morgan fingerprint density at radius 3 is 2.94 bits per heavy atom. The van der Waals surface area contributed by atoms with Gasteiger partial charge in [-0.15, -0.1) is 11.3 Å². The summed E-state index contributed by atoms with van der Waals surface area (Å²) in [6, 6.07) is 1.95. The molecule has 0 radical (unpaired) electrons. The van der Waals surface area contributed by atoms with Gasteiger partial charge in [0.25, 0.3) is 5.91 Å². The Morgan fingerprint density at radius 2 is 2.35 bits per heavy atom. The van der Waals surface area contributed by atoms with Crippen LogP contribution in [0.4, 0.5) is 0 Å². The van der Waals surface area contributed by atoms with Crippen molar-refractivity contribution in [3.63, 3.8) is 0 Å². The first-order valence-corrected chi connectivity index (χ1v) is 6.77. The van der Waals surface area contributed by atoms with Crippen LogP contribution in [0.5, 0.6) is 5.75 Å². The number of carbonyl (C=O) groups is 1. The molecule has 0 bridgehead atoms. The Hall–Kier alpha value is -1.07. The Kier molecular flexibility index (Phi) is 3.69. The monoisotopic (exact) mass is 254 g/mol. The van der Waals surface area contributed by atoms with Crippen LogP contribution in [0.2, 0.25) is 0 Å². The number of carbonyl (C=O) groups excluding carboxylic acids is 1. The van der Waals surface area contributed by atoms with Gasteiger partial charge in [-0.2, -0.15) is 0 Å². The number of hydrogen-bond acceptors (Lipinski definition) is 4. The van der Waals surface area contributed by atoms with Crippen LogP contribution in [-0.2, 0) is 0 Å². The minimum atomic E-state index is -0.0947. The zero-order valence-corrected chi connectivity index (χ0v) is 10.9. The summed E-state index contributed by atoms with van der Waals surface area (Å²) >= 11 is 1.27. The van der Waals surface area contributed by atoms with Gasteiger partial charge in [0, 0.05) is 23.5 Å². The number of amides is 1. The van der Waals surface area contributed by atoms with Crippen molar-refractivity contribution in [1.82, 2.24) is 10.6 Å². The molecule has 4 nitrogen and oxygen atoms in total. The maximum absolute atomic E-state index is 12.0. The van der Waals surface area contributed by atoms with E-state index in [0.717, 1.165) is 13.0 Å². The van der Waals surface area contributed by atoms with Crippen LogP contribution in [0.25, 0.3) is 0 Å². The van der Waals surface area contributed by atoms with Gasteiger partial charge in [-0.25, -0.2) is 0 Å². The second kappa shape index (κ2) is 5.06. The molecule has 0 spiro atoms. The molecule has 1 aromatic heterocycles. The highest BCUT2D eigenvalue weighted by Crippen LogP contribution is 2.21. The van der Waals surface area contributed by atoms with Gasteiger partial charge in [-0.05, 0) is 25.8 Å². The summed E-state index contributed by atoms with van der Waals surface area (Å²) in [5, 5.41) is 17.2. The molecular formula is C12H18N2O2S. The molecule has 17 heavy (non-hydrogen) atoms. The number of rotatable bonds is 2. The van der Waals surface area contributed by atoms with Gasteiger partial charge in [-0.1, -0.05) is 6.92 Å². The highest BCUT2D eigenvalue weighted by molar-refractivity contribution is 7.12. The SMILES string of the molecule is C[C@@H]1CCN[C@@H](C)[C@@H]1NC(=O)c1cc(O)cs1. The Bertz CT molecular complexity index is 395. The summed E-state index contributed by atoms with van der Waals surface area (Å²) in [4.78, 5) is 12.5. The van der Waals surface area contributed by atoms with Crippen molar-refractivity contribution in [1.29, 1.82) is 0 Å². The van der Waals surface area contributed by atoms with E-state index in [2.05, 4.69) is 24.5 Å². The molecule has 3 N–H and O–H groups in total. The van der Waals surface area contributed by atoms with Gasteiger partial charge >= 0.3 is 0 Å². The summed E-state index contributed by atoms with van der Waals surface area (Å²) in [6.45, 7) is 5.26. The molecule has 2 heterocycles. The summed E-state index contributed by atoms with van der Waals surface area (Å²) in [5.74, 6) is 0.537. The molecule has 3 atom stereocenters. The predicted molar refractivity (Wildman–Crippen MR) is 68.5 cm³/mol. The third-order valence-electron chi connectivity index (χ3n) is 3.32. The number of piperidine rings is 1. The van der Waals surface area contributed by atoms with Gasteiger partial charge in [0.1, 0.15) is 5.75 Å². The van der Waals surface area contributed by atoms with Crippen LogP contribution in [0.1, 0.15) is 29.9 Å². The largest absolute Gasteiger partial charge is 0.507 e. The number of thiophene rings is 1. The maximum Gasteiger partial charge on any atom is 0.261 e. The molecular weight excluding hydrogens is 236 g/mol. The van der Waals surface area contributed by atoms with Gasteiger partial charge in [0.15, 0.2) is 0 Å². The van der Waals surface area contributed by atoms with Crippen LogP contribution in [0, 0.1) is 5.92 Å². The molecule has 0 aliphatic carbocycles. The molecule has 0 saturated carbocycles. The quantitative estimate of drug-likeness (QED) is 0.751.